The first kappa shape index (κ1) is 25.1. The summed E-state index contributed by atoms with van der Waals surface area (Å²) in [6.07, 6.45) is 11.0. The number of aromatic nitrogens is 3. The maximum absolute atomic E-state index is 13.0. The number of H-pyrrole nitrogens is 1. The summed E-state index contributed by atoms with van der Waals surface area (Å²) in [4.78, 5) is 31.7. The summed E-state index contributed by atoms with van der Waals surface area (Å²) in [6, 6.07) is 16.8. The zero-order chi connectivity index (χ0) is 26.8. The molecule has 1 amide bonds. The second kappa shape index (κ2) is 10.9. The third kappa shape index (κ3) is 5.78. The monoisotopic (exact) mass is 519 g/mol. The maximum Gasteiger partial charge on any atom is 0.258 e. The molecule has 1 fully saturated rings. The molecular weight excluding hydrogens is 486 g/mol. The average molecular weight is 520 g/mol. The van der Waals surface area contributed by atoms with E-state index >= 15 is 0 Å². The number of carbonyl (C=O) groups is 2. The summed E-state index contributed by atoms with van der Waals surface area (Å²) >= 11 is 0. The Kier molecular flexibility index (Phi) is 6.99. The number of rotatable bonds is 7. The number of aryl methyl sites for hydroxylation is 1. The van der Waals surface area contributed by atoms with Crippen LogP contribution < -0.4 is 5.32 Å². The smallest absolute Gasteiger partial charge is 0.258 e. The minimum absolute atomic E-state index is 0.0269. The molecular formula is C32H33N5O2. The van der Waals surface area contributed by atoms with Crippen molar-refractivity contribution in [2.45, 2.75) is 45.7 Å². The molecule has 6 rings (SSSR count). The van der Waals surface area contributed by atoms with E-state index < -0.39 is 0 Å². The van der Waals surface area contributed by atoms with E-state index in [0.29, 0.717) is 23.4 Å². The zero-order valence-electron chi connectivity index (χ0n) is 22.2. The van der Waals surface area contributed by atoms with Crippen LogP contribution >= 0.6 is 0 Å². The predicted octanol–water partition coefficient (Wildman–Crippen LogP) is 5.38. The van der Waals surface area contributed by atoms with E-state index in [-0.39, 0.29) is 18.1 Å². The Balaban J connectivity index is 1.15. The van der Waals surface area contributed by atoms with E-state index in [0.717, 1.165) is 41.8 Å². The molecule has 7 heteroatoms. The van der Waals surface area contributed by atoms with Crippen molar-refractivity contribution in [2.75, 3.05) is 13.1 Å². The van der Waals surface area contributed by atoms with E-state index in [9.17, 15) is 9.59 Å². The van der Waals surface area contributed by atoms with Crippen molar-refractivity contribution in [1.29, 1.82) is 0 Å². The number of allylic oxidation sites excluding steroid dienone is 3. The van der Waals surface area contributed by atoms with Crippen LogP contribution in [0.15, 0.2) is 78.8 Å². The van der Waals surface area contributed by atoms with Crippen LogP contribution in [0.2, 0.25) is 0 Å². The van der Waals surface area contributed by atoms with Crippen molar-refractivity contribution in [3.05, 3.63) is 107 Å². The lowest BCUT2D eigenvalue weighted by Crippen LogP contribution is -2.28. The first-order valence-electron chi connectivity index (χ1n) is 13.7. The highest BCUT2D eigenvalue weighted by Crippen LogP contribution is 2.27. The molecule has 2 aliphatic rings. The first-order chi connectivity index (χ1) is 19.0. The van der Waals surface area contributed by atoms with E-state index in [2.05, 4.69) is 69.7 Å². The molecule has 1 aliphatic carbocycles. The molecule has 0 atom stereocenters. The number of benzene rings is 2. The second-order valence-corrected chi connectivity index (χ2v) is 10.7. The van der Waals surface area contributed by atoms with Gasteiger partial charge in [-0.1, -0.05) is 48.4 Å². The van der Waals surface area contributed by atoms with E-state index in [1.165, 1.54) is 30.4 Å². The number of likely N-dealkylation sites (tertiary alicyclic amines) is 1. The van der Waals surface area contributed by atoms with Gasteiger partial charge in [0.2, 0.25) is 0 Å². The molecule has 198 valence electrons. The molecule has 1 saturated heterocycles. The fraction of sp³-hybridized carbons (Fsp3) is 0.281. The summed E-state index contributed by atoms with van der Waals surface area (Å²) in [5.41, 5.74) is 7.06. The molecule has 0 bridgehead atoms. The van der Waals surface area contributed by atoms with Crippen LogP contribution in [-0.4, -0.2) is 44.4 Å². The van der Waals surface area contributed by atoms with Crippen molar-refractivity contribution in [3.8, 4) is 0 Å². The molecule has 39 heavy (non-hydrogen) atoms. The maximum atomic E-state index is 13.0. The average Bonchev–Trinajstić information content (AvgIpc) is 3.59. The predicted molar refractivity (Wildman–Crippen MR) is 153 cm³/mol. The third-order valence-electron chi connectivity index (χ3n) is 7.56. The van der Waals surface area contributed by atoms with Gasteiger partial charge in [-0.05, 0) is 68.3 Å². The summed E-state index contributed by atoms with van der Waals surface area (Å²) in [6.45, 7) is 5.92. The third-order valence-corrected chi connectivity index (χ3v) is 7.56. The van der Waals surface area contributed by atoms with Crippen LogP contribution in [-0.2, 0) is 17.9 Å². The van der Waals surface area contributed by atoms with Gasteiger partial charge in [-0.3, -0.25) is 19.2 Å². The fourth-order valence-electron chi connectivity index (χ4n) is 5.37. The van der Waals surface area contributed by atoms with Crippen LogP contribution in [0.1, 0.15) is 58.4 Å². The van der Waals surface area contributed by atoms with Crippen molar-refractivity contribution >= 4 is 28.2 Å². The Morgan fingerprint density at radius 3 is 2.62 bits per heavy atom. The van der Waals surface area contributed by atoms with Crippen LogP contribution in [0, 0.1) is 6.92 Å². The Morgan fingerprint density at radius 1 is 1.00 bits per heavy atom. The van der Waals surface area contributed by atoms with Gasteiger partial charge in [-0.15, -0.1) is 0 Å². The SMILES string of the molecule is Cc1ccc(Cn2cc(C(=O)NC3=CCC(=O)C(c4cc5cc(CN6CCCCC6)ccc5[nH]4)=C3)cn2)cc1. The second-order valence-electron chi connectivity index (χ2n) is 10.7. The molecule has 0 saturated carbocycles. The Hall–Kier alpha value is -4.23. The van der Waals surface area contributed by atoms with E-state index in [4.69, 9.17) is 0 Å². The molecule has 4 aromatic rings. The number of carbonyl (C=O) groups excluding carboxylic acids is 2. The molecule has 0 unspecified atom stereocenters. The Morgan fingerprint density at radius 2 is 1.79 bits per heavy atom. The largest absolute Gasteiger partial charge is 0.354 e. The quantitative estimate of drug-likeness (QED) is 0.344. The molecule has 2 aromatic carbocycles. The minimum atomic E-state index is -0.250. The Bertz CT molecular complexity index is 1580. The molecule has 2 aromatic heterocycles. The van der Waals surface area contributed by atoms with Crippen molar-refractivity contribution in [2.24, 2.45) is 0 Å². The number of amides is 1. The highest BCUT2D eigenvalue weighted by atomic mass is 16.1. The van der Waals surface area contributed by atoms with Crippen molar-refractivity contribution in [3.63, 3.8) is 0 Å². The standard InChI is InChI=1S/C32H33N5O2/c1-22-5-7-23(8-6-22)20-37-21-26(18-33-37)32(39)34-27-10-12-31(38)28(17-27)30-16-25-15-24(9-11-29(25)35-30)19-36-13-3-2-4-14-36/h5-11,15-18,21,35H,2-4,12-14,19-20H2,1H3,(H,34,39). The van der Waals surface area contributed by atoms with Crippen molar-refractivity contribution in [1.82, 2.24) is 25.0 Å². The summed E-state index contributed by atoms with van der Waals surface area (Å²) < 4.78 is 1.75. The van der Waals surface area contributed by atoms with Crippen LogP contribution in [0.4, 0.5) is 0 Å². The van der Waals surface area contributed by atoms with Crippen LogP contribution in [0.5, 0.6) is 0 Å². The summed E-state index contributed by atoms with van der Waals surface area (Å²) in [5.74, 6) is -0.223. The number of piperidine rings is 1. The number of nitrogens with zero attached hydrogens (tertiary/aromatic N) is 3. The van der Waals surface area contributed by atoms with Gasteiger partial charge in [0.15, 0.2) is 5.78 Å². The highest BCUT2D eigenvalue weighted by molar-refractivity contribution is 6.23. The zero-order valence-corrected chi connectivity index (χ0v) is 22.2. The fourth-order valence-corrected chi connectivity index (χ4v) is 5.37. The number of hydrogen-bond acceptors (Lipinski definition) is 4. The molecule has 0 spiro atoms. The number of Topliss-reactive ketones (excluding diaryl/α,β-unsaturated/α-hetero) is 1. The summed E-state index contributed by atoms with van der Waals surface area (Å²) in [5, 5.41) is 8.39. The first-order valence-corrected chi connectivity index (χ1v) is 13.7. The lowest BCUT2D eigenvalue weighted by molar-refractivity contribution is -0.113. The van der Waals surface area contributed by atoms with Gasteiger partial charge in [-0.2, -0.15) is 5.10 Å². The van der Waals surface area contributed by atoms with Gasteiger partial charge in [0, 0.05) is 41.3 Å². The summed E-state index contributed by atoms with van der Waals surface area (Å²) in [7, 11) is 0. The number of aromatic amines is 1. The molecule has 0 radical (unpaired) electrons. The minimum Gasteiger partial charge on any atom is -0.354 e. The van der Waals surface area contributed by atoms with E-state index in [1.54, 1.807) is 29.2 Å². The Labute approximate surface area is 228 Å². The van der Waals surface area contributed by atoms with E-state index in [1.807, 2.05) is 6.07 Å². The topological polar surface area (TPSA) is 83.0 Å². The normalized spacial score (nSPS) is 16.3. The van der Waals surface area contributed by atoms with Crippen LogP contribution in [0.3, 0.4) is 0 Å². The van der Waals surface area contributed by atoms with Gasteiger partial charge in [-0.25, -0.2) is 0 Å². The van der Waals surface area contributed by atoms with Crippen molar-refractivity contribution < 1.29 is 9.59 Å². The number of hydrogen-bond donors (Lipinski definition) is 2. The molecule has 1 aliphatic heterocycles. The number of ketones is 1. The van der Waals surface area contributed by atoms with Gasteiger partial charge in [0.05, 0.1) is 24.0 Å². The molecule has 2 N–H and O–H groups in total. The molecule has 7 nitrogen and oxygen atoms in total. The van der Waals surface area contributed by atoms with Gasteiger partial charge < -0.3 is 10.3 Å². The lowest BCUT2D eigenvalue weighted by atomic mass is 9.98. The lowest BCUT2D eigenvalue weighted by Gasteiger charge is -2.26. The number of nitrogens with one attached hydrogen (secondary N) is 2. The van der Waals surface area contributed by atoms with Gasteiger partial charge in [0.25, 0.3) is 5.91 Å². The van der Waals surface area contributed by atoms with Gasteiger partial charge in [0.1, 0.15) is 0 Å². The number of fused-ring (bicyclic) bond motifs is 1. The van der Waals surface area contributed by atoms with Crippen LogP contribution in [0.25, 0.3) is 16.5 Å². The highest BCUT2D eigenvalue weighted by Gasteiger charge is 2.20. The van der Waals surface area contributed by atoms with Gasteiger partial charge >= 0.3 is 0 Å². The molecule has 3 heterocycles.